The first kappa shape index (κ1) is 39.1. The van der Waals surface area contributed by atoms with Crippen molar-refractivity contribution in [3.05, 3.63) is 136 Å². The van der Waals surface area contributed by atoms with E-state index in [1.54, 1.807) is 34.1 Å². The van der Waals surface area contributed by atoms with Gasteiger partial charge in [0, 0.05) is 54.9 Å². The molecule has 2 saturated heterocycles. The number of benzene rings is 4. The Hall–Kier alpha value is -5.19. The van der Waals surface area contributed by atoms with Crippen molar-refractivity contribution in [3.8, 4) is 0 Å². The van der Waals surface area contributed by atoms with Crippen LogP contribution in [0.1, 0.15) is 72.0 Å². The lowest BCUT2D eigenvalue weighted by molar-refractivity contribution is -0.140. The summed E-state index contributed by atoms with van der Waals surface area (Å²) in [5.74, 6) is -0.752. The van der Waals surface area contributed by atoms with Gasteiger partial charge in [-0.05, 0) is 78.8 Å². The molecule has 1 atom stereocenters. The molecule has 0 radical (unpaired) electrons. The summed E-state index contributed by atoms with van der Waals surface area (Å²) in [6.45, 7) is 2.35. The van der Waals surface area contributed by atoms with E-state index in [0.29, 0.717) is 49.7 Å². The summed E-state index contributed by atoms with van der Waals surface area (Å²) in [6, 6.07) is 34.0. The quantitative estimate of drug-likeness (QED) is 0.152. The van der Waals surface area contributed by atoms with Crippen LogP contribution in [0.3, 0.4) is 0 Å². The summed E-state index contributed by atoms with van der Waals surface area (Å²) in [5.41, 5.74) is 3.58. The van der Waals surface area contributed by atoms with Crippen molar-refractivity contribution in [1.82, 2.24) is 25.8 Å². The van der Waals surface area contributed by atoms with Gasteiger partial charge in [0.15, 0.2) is 0 Å². The van der Waals surface area contributed by atoms with Crippen molar-refractivity contribution in [3.63, 3.8) is 0 Å². The van der Waals surface area contributed by atoms with E-state index in [4.69, 9.17) is 11.6 Å². The number of amides is 4. The minimum absolute atomic E-state index is 0.00341. The van der Waals surface area contributed by atoms with Gasteiger partial charge in [-0.15, -0.1) is 0 Å². The molecule has 1 saturated carbocycles. The molecule has 3 N–H and O–H groups in total. The number of hydrogen-bond acceptors (Lipinski definition) is 6. The zero-order valence-corrected chi connectivity index (χ0v) is 32.6. The monoisotopic (exact) mass is 774 g/mol. The normalized spacial score (nSPS) is 17.5. The maximum atomic E-state index is 14.4. The summed E-state index contributed by atoms with van der Waals surface area (Å²) in [6.07, 6.45) is 6.44. The molecule has 0 aromatic heterocycles. The molecular weight excluding hydrogens is 724 g/mol. The molecule has 10 nitrogen and oxygen atoms in total. The van der Waals surface area contributed by atoms with E-state index < -0.39 is 11.6 Å². The Morgan fingerprint density at radius 3 is 2.02 bits per heavy atom. The first-order chi connectivity index (χ1) is 27.3. The van der Waals surface area contributed by atoms with Crippen LogP contribution in [0.2, 0.25) is 5.02 Å². The maximum absolute atomic E-state index is 14.4. The third kappa shape index (κ3) is 9.42. The lowest BCUT2D eigenvalue weighted by atomic mass is 9.85. The van der Waals surface area contributed by atoms with Gasteiger partial charge >= 0.3 is 0 Å². The number of carbonyl (C=O) groups is 4. The zero-order chi connectivity index (χ0) is 38.9. The molecule has 3 aliphatic rings. The standard InChI is InChI=1S/C45H51ClN6O4/c46-37-22-18-33(19-23-37)28-40(49-42(54)36-20-16-35(17-21-36)30-47-29-34-10-4-1-5-11-34)43(55)50-26-24-45(25-27-50)44(56)51(32-52(45)39-14-8-3-9-15-39)31-41(53)48-38-12-6-2-7-13-38/h1,3-5,8-11,14-23,38,40,47H,2,6-7,12-13,24-32H2,(H,48,53)(H,49,54)/t40-/m1/s1. The van der Waals surface area contributed by atoms with Crippen molar-refractivity contribution >= 4 is 40.9 Å². The highest BCUT2D eigenvalue weighted by Gasteiger charge is 2.54. The van der Waals surface area contributed by atoms with Crippen molar-refractivity contribution < 1.29 is 19.2 Å². The number of hydrogen-bond donors (Lipinski definition) is 3. The lowest BCUT2D eigenvalue weighted by Gasteiger charge is -2.44. The van der Waals surface area contributed by atoms with Crippen LogP contribution in [0.25, 0.3) is 0 Å². The number of anilines is 1. The molecule has 3 fully saturated rings. The molecule has 4 aromatic rings. The Morgan fingerprint density at radius 2 is 1.36 bits per heavy atom. The second-order valence-electron chi connectivity index (χ2n) is 15.3. The molecule has 11 heteroatoms. The lowest BCUT2D eigenvalue weighted by Crippen LogP contribution is -2.60. The predicted octanol–water partition coefficient (Wildman–Crippen LogP) is 6.09. The van der Waals surface area contributed by atoms with Crippen molar-refractivity contribution in [2.45, 2.75) is 82.1 Å². The fourth-order valence-electron chi connectivity index (χ4n) is 8.35. The van der Waals surface area contributed by atoms with E-state index in [1.165, 1.54) is 12.0 Å². The van der Waals surface area contributed by atoms with E-state index in [9.17, 15) is 19.2 Å². The van der Waals surface area contributed by atoms with Gasteiger partial charge in [0.2, 0.25) is 11.8 Å². The number of para-hydroxylation sites is 1. The molecule has 2 heterocycles. The second-order valence-corrected chi connectivity index (χ2v) is 15.7. The fraction of sp³-hybridized carbons (Fsp3) is 0.378. The Kier molecular flexibility index (Phi) is 12.7. The molecule has 1 aliphatic carbocycles. The summed E-state index contributed by atoms with van der Waals surface area (Å²) < 4.78 is 0. The Balaban J connectivity index is 1.03. The van der Waals surface area contributed by atoms with Gasteiger partial charge < -0.3 is 30.7 Å². The molecule has 0 bridgehead atoms. The number of likely N-dealkylation sites (tertiary alicyclic amines) is 1. The molecule has 1 spiro atoms. The van der Waals surface area contributed by atoms with Gasteiger partial charge in [-0.3, -0.25) is 19.2 Å². The molecule has 56 heavy (non-hydrogen) atoms. The van der Waals surface area contributed by atoms with Gasteiger partial charge in [-0.1, -0.05) is 104 Å². The van der Waals surface area contributed by atoms with Gasteiger partial charge in [-0.25, -0.2) is 0 Å². The molecule has 2 aliphatic heterocycles. The Bertz CT molecular complexity index is 1950. The topological polar surface area (TPSA) is 114 Å². The van der Waals surface area contributed by atoms with Crippen LogP contribution in [0.5, 0.6) is 0 Å². The highest BCUT2D eigenvalue weighted by atomic mass is 35.5. The van der Waals surface area contributed by atoms with Gasteiger partial charge in [0.1, 0.15) is 18.1 Å². The van der Waals surface area contributed by atoms with E-state index >= 15 is 0 Å². The SMILES string of the molecule is O=C(CN1CN(c2ccccc2)C2(CCN(C(=O)[C@@H](Cc3ccc(Cl)cc3)NC(=O)c3ccc(CNCc4ccccc4)cc3)CC2)C1=O)NC1CCCCC1. The van der Waals surface area contributed by atoms with E-state index in [0.717, 1.165) is 49.0 Å². The molecular formula is C45H51ClN6O4. The average Bonchev–Trinajstić information content (AvgIpc) is 3.48. The zero-order valence-electron chi connectivity index (χ0n) is 31.8. The maximum Gasteiger partial charge on any atom is 0.251 e. The number of nitrogens with one attached hydrogen (secondary N) is 3. The summed E-state index contributed by atoms with van der Waals surface area (Å²) in [4.78, 5) is 61.1. The number of carbonyl (C=O) groups excluding carboxylic acids is 4. The highest BCUT2D eigenvalue weighted by molar-refractivity contribution is 6.30. The third-order valence-corrected chi connectivity index (χ3v) is 11.7. The van der Waals surface area contributed by atoms with E-state index in [-0.39, 0.29) is 42.6 Å². The second kappa shape index (κ2) is 18.2. The van der Waals surface area contributed by atoms with Gasteiger partial charge in [0.05, 0.1) is 6.67 Å². The summed E-state index contributed by atoms with van der Waals surface area (Å²) >= 11 is 6.17. The fourth-order valence-corrected chi connectivity index (χ4v) is 8.48. The van der Waals surface area contributed by atoms with Crippen LogP contribution in [0.15, 0.2) is 109 Å². The van der Waals surface area contributed by atoms with E-state index in [2.05, 4.69) is 33.0 Å². The van der Waals surface area contributed by atoms with Crippen molar-refractivity contribution in [2.24, 2.45) is 0 Å². The first-order valence-electron chi connectivity index (χ1n) is 19.9. The molecule has 4 amide bonds. The minimum atomic E-state index is -0.893. The van der Waals surface area contributed by atoms with Gasteiger partial charge in [-0.2, -0.15) is 0 Å². The highest BCUT2D eigenvalue weighted by Crippen LogP contribution is 2.39. The molecule has 0 unspecified atom stereocenters. The molecule has 4 aromatic carbocycles. The first-order valence-corrected chi connectivity index (χ1v) is 20.2. The van der Waals surface area contributed by atoms with Crippen LogP contribution in [-0.4, -0.2) is 77.4 Å². The number of halogens is 1. The van der Waals surface area contributed by atoms with Crippen molar-refractivity contribution in [2.75, 3.05) is 31.2 Å². The predicted molar refractivity (Wildman–Crippen MR) is 219 cm³/mol. The molecule has 292 valence electrons. The average molecular weight is 775 g/mol. The Morgan fingerprint density at radius 1 is 0.750 bits per heavy atom. The van der Waals surface area contributed by atoms with E-state index in [1.807, 2.05) is 72.8 Å². The van der Waals surface area contributed by atoms with Crippen LogP contribution in [0, 0.1) is 0 Å². The van der Waals surface area contributed by atoms with Gasteiger partial charge in [0.25, 0.3) is 11.8 Å². The Labute approximate surface area is 334 Å². The summed E-state index contributed by atoms with van der Waals surface area (Å²) in [5, 5.41) is 10.2. The van der Waals surface area contributed by atoms with Crippen LogP contribution >= 0.6 is 11.6 Å². The van der Waals surface area contributed by atoms with Crippen LogP contribution < -0.4 is 20.9 Å². The van der Waals surface area contributed by atoms with Crippen LogP contribution in [-0.2, 0) is 33.9 Å². The van der Waals surface area contributed by atoms with Crippen LogP contribution in [0.4, 0.5) is 5.69 Å². The largest absolute Gasteiger partial charge is 0.352 e. The van der Waals surface area contributed by atoms with Crippen molar-refractivity contribution in [1.29, 1.82) is 0 Å². The minimum Gasteiger partial charge on any atom is -0.352 e. The third-order valence-electron chi connectivity index (χ3n) is 11.5. The smallest absolute Gasteiger partial charge is 0.251 e. The summed E-state index contributed by atoms with van der Waals surface area (Å²) in [7, 11) is 0. The number of rotatable bonds is 13. The molecule has 7 rings (SSSR count). The number of nitrogens with zero attached hydrogens (tertiary/aromatic N) is 3. The number of piperidine rings is 1.